The number of para-hydroxylation sites is 1. The van der Waals surface area contributed by atoms with E-state index in [2.05, 4.69) is 11.9 Å². The van der Waals surface area contributed by atoms with Gasteiger partial charge >= 0.3 is 0 Å². The first kappa shape index (κ1) is 16.7. The molecule has 0 amide bonds. The van der Waals surface area contributed by atoms with Crippen molar-refractivity contribution in [2.75, 3.05) is 0 Å². The number of hydrogen-bond donors (Lipinski definition) is 0. The highest BCUT2D eigenvalue weighted by Gasteiger charge is 2.13. The van der Waals surface area contributed by atoms with Gasteiger partial charge < -0.3 is 0 Å². The summed E-state index contributed by atoms with van der Waals surface area (Å²) in [5.41, 5.74) is 3.04. The average molecular weight is 338 g/mol. The van der Waals surface area contributed by atoms with Gasteiger partial charge in [-0.05, 0) is 35.6 Å². The van der Waals surface area contributed by atoms with E-state index in [1.807, 2.05) is 54.6 Å². The summed E-state index contributed by atoms with van der Waals surface area (Å²) in [6.45, 7) is 2.12. The van der Waals surface area contributed by atoms with E-state index in [0.29, 0.717) is 12.8 Å². The Bertz CT molecular complexity index is 854. The number of aromatic nitrogens is 1. The van der Waals surface area contributed by atoms with Crippen LogP contribution in [0.3, 0.4) is 0 Å². The molecule has 3 aromatic rings. The summed E-state index contributed by atoms with van der Waals surface area (Å²) in [6, 6.07) is 17.8. The zero-order chi connectivity index (χ0) is 16.9. The van der Waals surface area contributed by atoms with Crippen LogP contribution < -0.4 is 0 Å². The summed E-state index contributed by atoms with van der Waals surface area (Å²) in [5, 5.41) is 1.85. The van der Waals surface area contributed by atoms with E-state index in [9.17, 15) is 4.79 Å². The summed E-state index contributed by atoms with van der Waals surface area (Å²) in [7, 11) is 0. The molecule has 0 aliphatic carbocycles. The van der Waals surface area contributed by atoms with Gasteiger partial charge in [0.15, 0.2) is 0 Å². The molecule has 0 N–H and O–H groups in total. The maximum atomic E-state index is 12.4. The molecule has 1 atom stereocenters. The van der Waals surface area contributed by atoms with E-state index in [-0.39, 0.29) is 11.7 Å². The molecule has 0 saturated carbocycles. The van der Waals surface area contributed by atoms with Crippen molar-refractivity contribution in [2.45, 2.75) is 32.1 Å². The van der Waals surface area contributed by atoms with Crippen molar-refractivity contribution in [1.29, 1.82) is 0 Å². The van der Waals surface area contributed by atoms with Crippen molar-refractivity contribution in [3.05, 3.63) is 76.9 Å². The molecule has 0 aliphatic rings. The second kappa shape index (κ2) is 7.59. The van der Waals surface area contributed by atoms with Gasteiger partial charge in [-0.15, -0.1) is 0 Å². The number of rotatable bonds is 6. The Balaban J connectivity index is 1.64. The maximum absolute atomic E-state index is 12.4. The third-order valence-corrected chi connectivity index (χ3v) is 4.74. The van der Waals surface area contributed by atoms with E-state index in [1.165, 1.54) is 0 Å². The van der Waals surface area contributed by atoms with Crippen LogP contribution >= 0.6 is 11.6 Å². The first-order chi connectivity index (χ1) is 11.6. The number of carbonyl (C=O) groups excluding carboxylic acids is 1. The fourth-order valence-electron chi connectivity index (χ4n) is 3.02. The second-order valence-corrected chi connectivity index (χ2v) is 6.58. The molecule has 122 valence electrons. The molecule has 0 bridgehead atoms. The number of Topliss-reactive ketones (excluding diaryl/α,β-unsaturated/α-hetero) is 1. The third-order valence-electron chi connectivity index (χ3n) is 4.40. The molecule has 0 saturated heterocycles. The van der Waals surface area contributed by atoms with Crippen molar-refractivity contribution in [3.8, 4) is 0 Å². The van der Waals surface area contributed by atoms with Crippen molar-refractivity contribution in [1.82, 2.24) is 4.98 Å². The Kier molecular flexibility index (Phi) is 5.27. The fourth-order valence-corrected chi connectivity index (χ4v) is 3.34. The van der Waals surface area contributed by atoms with E-state index in [0.717, 1.165) is 33.5 Å². The van der Waals surface area contributed by atoms with Crippen LogP contribution in [0.4, 0.5) is 0 Å². The van der Waals surface area contributed by atoms with Crippen molar-refractivity contribution < 1.29 is 4.79 Å². The molecule has 2 nitrogen and oxygen atoms in total. The molecule has 1 aromatic heterocycles. The topological polar surface area (TPSA) is 30.0 Å². The molecular weight excluding hydrogens is 318 g/mol. The van der Waals surface area contributed by atoms with Gasteiger partial charge in [-0.2, -0.15) is 0 Å². The van der Waals surface area contributed by atoms with Crippen LogP contribution in [0, 0.1) is 0 Å². The van der Waals surface area contributed by atoms with Crippen LogP contribution in [0.5, 0.6) is 0 Å². The first-order valence-corrected chi connectivity index (χ1v) is 8.61. The standard InChI is InChI=1S/C21H20ClNO/c1-15(19-9-2-3-10-20(19)22)11-12-18(24)14-17-7-4-6-16-8-5-13-23-21(16)17/h2-10,13,15H,11-12,14H2,1H3. The molecule has 3 rings (SSSR count). The van der Waals surface area contributed by atoms with E-state index in [1.54, 1.807) is 6.20 Å². The Morgan fingerprint density at radius 2 is 1.88 bits per heavy atom. The summed E-state index contributed by atoms with van der Waals surface area (Å²) < 4.78 is 0. The average Bonchev–Trinajstić information content (AvgIpc) is 2.60. The van der Waals surface area contributed by atoms with Crippen LogP contribution in [0.15, 0.2) is 60.8 Å². The lowest BCUT2D eigenvalue weighted by Gasteiger charge is -2.13. The summed E-state index contributed by atoms with van der Waals surface area (Å²) >= 11 is 6.24. The van der Waals surface area contributed by atoms with Crippen LogP contribution in [0.1, 0.15) is 36.8 Å². The van der Waals surface area contributed by atoms with Gasteiger partial charge in [0.1, 0.15) is 5.78 Å². The molecular formula is C21H20ClNO. The van der Waals surface area contributed by atoms with Gasteiger partial charge in [-0.3, -0.25) is 9.78 Å². The lowest BCUT2D eigenvalue weighted by Crippen LogP contribution is -2.06. The SMILES string of the molecule is CC(CCC(=O)Cc1cccc2cccnc12)c1ccccc1Cl. The van der Waals surface area contributed by atoms with Crippen molar-refractivity contribution in [2.24, 2.45) is 0 Å². The molecule has 1 heterocycles. The number of benzene rings is 2. The molecule has 0 spiro atoms. The number of nitrogens with zero attached hydrogens (tertiary/aromatic N) is 1. The Morgan fingerprint density at radius 3 is 2.71 bits per heavy atom. The molecule has 1 unspecified atom stereocenters. The molecule has 3 heteroatoms. The van der Waals surface area contributed by atoms with Crippen LogP contribution in [0.25, 0.3) is 10.9 Å². The highest BCUT2D eigenvalue weighted by atomic mass is 35.5. The Morgan fingerprint density at radius 1 is 1.08 bits per heavy atom. The first-order valence-electron chi connectivity index (χ1n) is 8.24. The van der Waals surface area contributed by atoms with Gasteiger partial charge in [0.25, 0.3) is 0 Å². The number of carbonyl (C=O) groups is 1. The minimum atomic E-state index is 0.243. The lowest BCUT2D eigenvalue weighted by molar-refractivity contribution is -0.118. The predicted molar refractivity (Wildman–Crippen MR) is 99.6 cm³/mol. The lowest BCUT2D eigenvalue weighted by atomic mass is 9.93. The zero-order valence-electron chi connectivity index (χ0n) is 13.7. The van der Waals surface area contributed by atoms with Crippen molar-refractivity contribution >= 4 is 28.3 Å². The number of ketones is 1. The third kappa shape index (κ3) is 3.82. The van der Waals surface area contributed by atoms with E-state index in [4.69, 9.17) is 11.6 Å². The molecule has 0 radical (unpaired) electrons. The number of halogens is 1. The van der Waals surface area contributed by atoms with Gasteiger partial charge in [-0.1, -0.05) is 61.0 Å². The Hall–Kier alpha value is -2.19. The largest absolute Gasteiger partial charge is 0.299 e. The van der Waals surface area contributed by atoms with Gasteiger partial charge in [0.2, 0.25) is 0 Å². The van der Waals surface area contributed by atoms with Crippen LogP contribution in [-0.2, 0) is 11.2 Å². The number of hydrogen-bond acceptors (Lipinski definition) is 2. The Labute approximate surface area is 147 Å². The molecule has 2 aromatic carbocycles. The van der Waals surface area contributed by atoms with Gasteiger partial charge in [0.05, 0.1) is 5.52 Å². The van der Waals surface area contributed by atoms with Crippen molar-refractivity contribution in [3.63, 3.8) is 0 Å². The zero-order valence-corrected chi connectivity index (χ0v) is 14.5. The van der Waals surface area contributed by atoms with E-state index >= 15 is 0 Å². The summed E-state index contributed by atoms with van der Waals surface area (Å²) in [6.07, 6.45) is 3.57. The molecule has 0 fully saturated rings. The fraction of sp³-hybridized carbons (Fsp3) is 0.238. The number of fused-ring (bicyclic) bond motifs is 1. The monoisotopic (exact) mass is 337 g/mol. The van der Waals surface area contributed by atoms with Gasteiger partial charge in [-0.25, -0.2) is 0 Å². The van der Waals surface area contributed by atoms with E-state index < -0.39 is 0 Å². The summed E-state index contributed by atoms with van der Waals surface area (Å²) in [5.74, 6) is 0.514. The quantitative estimate of drug-likeness (QED) is 0.587. The highest BCUT2D eigenvalue weighted by Crippen LogP contribution is 2.27. The van der Waals surface area contributed by atoms with Gasteiger partial charge in [0, 0.05) is 29.4 Å². The normalized spacial score (nSPS) is 12.2. The van der Waals surface area contributed by atoms with Crippen LogP contribution in [0.2, 0.25) is 5.02 Å². The molecule has 0 aliphatic heterocycles. The molecule has 24 heavy (non-hydrogen) atoms. The van der Waals surface area contributed by atoms with Crippen LogP contribution in [-0.4, -0.2) is 10.8 Å². The number of pyridine rings is 1. The minimum Gasteiger partial charge on any atom is -0.299 e. The smallest absolute Gasteiger partial charge is 0.137 e. The predicted octanol–water partition coefficient (Wildman–Crippen LogP) is 5.58. The second-order valence-electron chi connectivity index (χ2n) is 6.17. The highest BCUT2D eigenvalue weighted by molar-refractivity contribution is 6.31. The maximum Gasteiger partial charge on any atom is 0.137 e. The minimum absolute atomic E-state index is 0.243. The summed E-state index contributed by atoms with van der Waals surface area (Å²) in [4.78, 5) is 16.8.